The summed E-state index contributed by atoms with van der Waals surface area (Å²) in [4.78, 5) is 7.87. The molecule has 0 saturated heterocycles. The standard InChI is InChI=1S/C9H5BrN2S.C6H6BrNS.C3H2N2/c10-6-1-2-7-8(5-6)13-9(12-7)3-4-11;7-4-1-2-5(8)6(9)3-4;1-5-3-2-4/h1-2,5H,3H2;1-3,9H,8H2;3H2. The second kappa shape index (κ2) is 12.3. The molecule has 0 fully saturated rings. The fraction of sp³-hybridized carbons (Fsp3) is 0.111. The lowest BCUT2D eigenvalue weighted by Crippen LogP contribution is -1.84. The van der Waals surface area contributed by atoms with E-state index in [1.54, 1.807) is 17.4 Å². The second-order valence-electron chi connectivity index (χ2n) is 4.73. The molecule has 5 nitrogen and oxygen atoms in total. The number of nitrogens with two attached hydrogens (primary N) is 1. The van der Waals surface area contributed by atoms with Crippen molar-refractivity contribution in [3.8, 4) is 12.1 Å². The van der Waals surface area contributed by atoms with Crippen molar-refractivity contribution >= 4 is 71.7 Å². The third-order valence-electron chi connectivity index (χ3n) is 2.77. The van der Waals surface area contributed by atoms with Gasteiger partial charge in [-0.3, -0.25) is 0 Å². The largest absolute Gasteiger partial charge is 0.398 e. The number of aromatic nitrogens is 1. The van der Waals surface area contributed by atoms with Crippen LogP contribution in [-0.2, 0) is 6.42 Å². The van der Waals surface area contributed by atoms with Crippen LogP contribution in [0.25, 0.3) is 15.1 Å². The van der Waals surface area contributed by atoms with Gasteiger partial charge in [0.2, 0.25) is 0 Å². The van der Waals surface area contributed by atoms with Crippen LogP contribution in [0.1, 0.15) is 5.01 Å². The minimum Gasteiger partial charge on any atom is -0.398 e. The van der Waals surface area contributed by atoms with E-state index in [0.29, 0.717) is 12.1 Å². The van der Waals surface area contributed by atoms with E-state index in [2.05, 4.69) is 60.4 Å². The Hall–Kier alpha value is -2.09. The molecule has 27 heavy (non-hydrogen) atoms. The van der Waals surface area contributed by atoms with Gasteiger partial charge in [0.1, 0.15) is 11.1 Å². The predicted molar refractivity (Wildman–Crippen MR) is 120 cm³/mol. The lowest BCUT2D eigenvalue weighted by molar-refractivity contribution is 1.21. The topological polar surface area (TPSA) is 90.8 Å². The minimum atomic E-state index is -0.0139. The quantitative estimate of drug-likeness (QED) is 0.181. The van der Waals surface area contributed by atoms with Crippen LogP contribution in [0.4, 0.5) is 5.69 Å². The van der Waals surface area contributed by atoms with Crippen molar-refractivity contribution in [2.75, 3.05) is 12.3 Å². The van der Waals surface area contributed by atoms with Crippen LogP contribution in [0.3, 0.4) is 0 Å². The van der Waals surface area contributed by atoms with Crippen LogP contribution in [-0.4, -0.2) is 11.5 Å². The van der Waals surface area contributed by atoms with E-state index in [9.17, 15) is 0 Å². The van der Waals surface area contributed by atoms with Crippen molar-refractivity contribution in [2.24, 2.45) is 0 Å². The number of halogens is 2. The molecule has 136 valence electrons. The molecule has 9 heteroatoms. The van der Waals surface area contributed by atoms with Gasteiger partial charge in [-0.2, -0.15) is 10.5 Å². The molecule has 0 radical (unpaired) electrons. The van der Waals surface area contributed by atoms with Crippen LogP contribution in [0.5, 0.6) is 0 Å². The van der Waals surface area contributed by atoms with Crippen molar-refractivity contribution in [2.45, 2.75) is 11.3 Å². The Morgan fingerprint density at radius 1 is 1.15 bits per heavy atom. The Balaban J connectivity index is 0.000000227. The summed E-state index contributed by atoms with van der Waals surface area (Å²) in [6.07, 6.45) is 0.400. The Labute approximate surface area is 183 Å². The van der Waals surface area contributed by atoms with Gasteiger partial charge in [0.15, 0.2) is 0 Å². The highest BCUT2D eigenvalue weighted by molar-refractivity contribution is 9.10. The van der Waals surface area contributed by atoms with Gasteiger partial charge in [0.05, 0.1) is 22.7 Å². The Morgan fingerprint density at radius 2 is 1.81 bits per heavy atom. The Kier molecular flexibility index (Phi) is 10.5. The average Bonchev–Trinajstić information content (AvgIpc) is 3.02. The first kappa shape index (κ1) is 23.0. The van der Waals surface area contributed by atoms with E-state index >= 15 is 0 Å². The van der Waals surface area contributed by atoms with Crippen molar-refractivity contribution in [1.82, 2.24) is 4.98 Å². The maximum atomic E-state index is 8.51. The van der Waals surface area contributed by atoms with Crippen LogP contribution < -0.4 is 5.73 Å². The SMILES string of the molecule is N#CCc1nc2ccc(Br)cc2s1.Nc1ccc(Br)cc1S.[C-]#[N+]CC#N. The number of anilines is 1. The summed E-state index contributed by atoms with van der Waals surface area (Å²) in [5, 5.41) is 17.0. The van der Waals surface area contributed by atoms with Crippen molar-refractivity contribution in [3.63, 3.8) is 0 Å². The molecule has 0 aliphatic carbocycles. The number of thiazole rings is 1. The number of thiol groups is 1. The van der Waals surface area contributed by atoms with Gasteiger partial charge in [-0.15, -0.1) is 24.0 Å². The molecule has 0 atom stereocenters. The van der Waals surface area contributed by atoms with Gasteiger partial charge in [-0.05, 0) is 36.4 Å². The van der Waals surface area contributed by atoms with E-state index in [1.165, 1.54) is 0 Å². The van der Waals surface area contributed by atoms with Gasteiger partial charge in [0, 0.05) is 19.5 Å². The van der Waals surface area contributed by atoms with E-state index < -0.39 is 0 Å². The van der Waals surface area contributed by atoms with Crippen LogP contribution in [0, 0.1) is 29.2 Å². The minimum absolute atomic E-state index is 0.0139. The van der Waals surface area contributed by atoms with Gasteiger partial charge in [0.25, 0.3) is 6.54 Å². The molecule has 0 amide bonds. The fourth-order valence-electron chi connectivity index (χ4n) is 1.64. The molecule has 0 saturated carbocycles. The molecule has 0 spiro atoms. The van der Waals surface area contributed by atoms with Crippen molar-refractivity contribution < 1.29 is 0 Å². The summed E-state index contributed by atoms with van der Waals surface area (Å²) in [5.41, 5.74) is 7.17. The summed E-state index contributed by atoms with van der Waals surface area (Å²) < 4.78 is 3.17. The maximum absolute atomic E-state index is 8.51. The number of fused-ring (bicyclic) bond motifs is 1. The second-order valence-corrected chi connectivity index (χ2v) is 8.16. The number of hydrogen-bond donors (Lipinski definition) is 2. The highest BCUT2D eigenvalue weighted by Gasteiger charge is 2.02. The molecule has 0 unspecified atom stereocenters. The first-order chi connectivity index (χ1) is 12.9. The van der Waals surface area contributed by atoms with E-state index in [-0.39, 0.29) is 6.54 Å². The molecule has 0 bridgehead atoms. The molecule has 2 aromatic carbocycles. The average molecular weight is 523 g/mol. The number of nitriles is 2. The van der Waals surface area contributed by atoms with Gasteiger partial charge < -0.3 is 10.6 Å². The number of nitrogen functional groups attached to an aromatic ring is 1. The molecule has 0 aliphatic rings. The summed E-state index contributed by atoms with van der Waals surface area (Å²) >= 11 is 12.4. The first-order valence-corrected chi connectivity index (χ1v) is 10.1. The summed E-state index contributed by atoms with van der Waals surface area (Å²) in [6.45, 7) is 5.99. The van der Waals surface area contributed by atoms with Gasteiger partial charge in [-0.1, -0.05) is 31.9 Å². The van der Waals surface area contributed by atoms with Crippen molar-refractivity contribution in [3.05, 3.63) is 61.8 Å². The van der Waals surface area contributed by atoms with Crippen LogP contribution in [0.2, 0.25) is 0 Å². The number of rotatable bonds is 1. The number of nitrogens with zero attached hydrogens (tertiary/aromatic N) is 4. The lowest BCUT2D eigenvalue weighted by Gasteiger charge is -1.96. The zero-order chi connectivity index (χ0) is 20.2. The highest BCUT2D eigenvalue weighted by Crippen LogP contribution is 2.25. The van der Waals surface area contributed by atoms with E-state index in [0.717, 1.165) is 29.1 Å². The normalized spacial score (nSPS) is 8.89. The molecule has 1 aromatic heterocycles. The third kappa shape index (κ3) is 8.43. The Bertz CT molecular complexity index is 1020. The summed E-state index contributed by atoms with van der Waals surface area (Å²) in [7, 11) is 0. The van der Waals surface area contributed by atoms with E-state index in [4.69, 9.17) is 22.8 Å². The van der Waals surface area contributed by atoms with Crippen molar-refractivity contribution in [1.29, 1.82) is 10.5 Å². The fourth-order valence-corrected chi connectivity index (χ4v) is 3.84. The Morgan fingerprint density at radius 3 is 2.33 bits per heavy atom. The maximum Gasteiger partial charge on any atom is 0.298 e. The zero-order valence-corrected chi connectivity index (χ0v) is 18.7. The van der Waals surface area contributed by atoms with Gasteiger partial charge >= 0.3 is 0 Å². The molecule has 3 rings (SSSR count). The van der Waals surface area contributed by atoms with E-state index in [1.807, 2.05) is 36.4 Å². The lowest BCUT2D eigenvalue weighted by atomic mass is 10.3. The number of benzene rings is 2. The highest BCUT2D eigenvalue weighted by atomic mass is 79.9. The third-order valence-corrected chi connectivity index (χ3v) is 5.16. The first-order valence-electron chi connectivity index (χ1n) is 7.27. The smallest absolute Gasteiger partial charge is 0.298 e. The zero-order valence-electron chi connectivity index (χ0n) is 13.9. The summed E-state index contributed by atoms with van der Waals surface area (Å²) in [5.74, 6) is 0. The molecule has 3 aromatic rings. The molecule has 0 aliphatic heterocycles. The molecular formula is C18H13Br2N5S2. The monoisotopic (exact) mass is 521 g/mol. The molecular weight excluding hydrogens is 510 g/mol. The molecule has 2 N–H and O–H groups in total. The number of hydrogen-bond acceptors (Lipinski definition) is 6. The van der Waals surface area contributed by atoms with Crippen LogP contribution in [0.15, 0.2) is 50.2 Å². The molecule has 1 heterocycles. The van der Waals surface area contributed by atoms with Crippen LogP contribution >= 0.6 is 55.8 Å². The summed E-state index contributed by atoms with van der Waals surface area (Å²) in [6, 6.07) is 15.2. The predicted octanol–water partition coefficient (Wildman–Crippen LogP) is 5.87. The van der Waals surface area contributed by atoms with Gasteiger partial charge in [-0.25, -0.2) is 11.6 Å².